The SMILES string of the molecule is CCCC(C)P(PP)P(P)PP. The summed E-state index contributed by atoms with van der Waals surface area (Å²) in [5.74, 6) is 0. The van der Waals surface area contributed by atoms with Crippen LogP contribution in [-0.4, -0.2) is 5.66 Å². The van der Waals surface area contributed by atoms with Crippen molar-refractivity contribution in [3.05, 3.63) is 0 Å². The van der Waals surface area contributed by atoms with Gasteiger partial charge in [0.2, 0.25) is 0 Å². The Balaban J connectivity index is 3.94. The molecule has 0 aromatic rings. The second-order valence-electron chi connectivity index (χ2n) is 2.59. The molecule has 0 radical (unpaired) electrons. The van der Waals surface area contributed by atoms with Crippen molar-refractivity contribution in [2.75, 3.05) is 0 Å². The molecule has 0 aromatic carbocycles. The van der Waals surface area contributed by atoms with Gasteiger partial charge in [0.15, 0.2) is 0 Å². The van der Waals surface area contributed by atoms with Gasteiger partial charge in [0.1, 0.15) is 0 Å². The molecule has 0 aliphatic heterocycles. The van der Waals surface area contributed by atoms with Gasteiger partial charge < -0.3 is 0 Å². The van der Waals surface area contributed by atoms with Crippen molar-refractivity contribution in [2.45, 2.75) is 32.3 Å². The van der Waals surface area contributed by atoms with Crippen LogP contribution in [0.4, 0.5) is 0 Å². The molecule has 0 bridgehead atoms. The molecule has 0 fully saturated rings. The maximum Gasteiger partial charge on any atom is -0.0154 e. The summed E-state index contributed by atoms with van der Waals surface area (Å²) >= 11 is 0. The van der Waals surface area contributed by atoms with Gasteiger partial charge in [0.05, 0.1) is 0 Å². The molecule has 0 aliphatic carbocycles. The van der Waals surface area contributed by atoms with E-state index in [4.69, 9.17) is 0 Å². The summed E-state index contributed by atoms with van der Waals surface area (Å²) in [5.41, 5.74) is 0.984. The first kappa shape index (κ1) is 15.0. The molecular weight excluding hydrogens is 277 g/mol. The van der Waals surface area contributed by atoms with Gasteiger partial charge in [-0.2, -0.15) is 0 Å². The first-order chi connectivity index (χ1) is 5.67. The fourth-order valence-corrected chi connectivity index (χ4v) is 35.8. The molecule has 7 heteroatoms. The van der Waals surface area contributed by atoms with Crippen LogP contribution >= 0.6 is 57.0 Å². The summed E-state index contributed by atoms with van der Waals surface area (Å²) in [6.07, 6.45) is 2.78. The molecule has 0 heterocycles. The second-order valence-corrected chi connectivity index (χ2v) is 23.7. The van der Waals surface area contributed by atoms with Gasteiger partial charge in [-0.1, -0.05) is 36.2 Å². The van der Waals surface area contributed by atoms with Crippen LogP contribution in [0.25, 0.3) is 0 Å². The highest BCUT2D eigenvalue weighted by atomic mass is 33.0. The van der Waals surface area contributed by atoms with Crippen molar-refractivity contribution < 1.29 is 0 Å². The molecule has 0 saturated heterocycles. The zero-order chi connectivity index (χ0) is 9.56. The molecule has 0 aliphatic rings. The van der Waals surface area contributed by atoms with E-state index in [1.54, 1.807) is 0 Å². The highest BCUT2D eigenvalue weighted by Gasteiger charge is 2.19. The van der Waals surface area contributed by atoms with Gasteiger partial charge in [-0.15, -0.1) is 26.8 Å². The molecule has 0 saturated carbocycles. The minimum Gasteiger partial charge on any atom is -0.110 e. The Bertz CT molecular complexity index is 108. The van der Waals surface area contributed by atoms with Crippen LogP contribution in [-0.2, 0) is 0 Å². The van der Waals surface area contributed by atoms with Gasteiger partial charge in [-0.3, -0.25) is 0 Å². The Labute approximate surface area is 89.4 Å². The van der Waals surface area contributed by atoms with Crippen molar-refractivity contribution in [3.63, 3.8) is 0 Å². The first-order valence-electron chi connectivity index (χ1n) is 3.93. The van der Waals surface area contributed by atoms with Crippen molar-refractivity contribution >= 4 is 57.0 Å². The maximum absolute atomic E-state index is 3.09. The first-order valence-corrected chi connectivity index (χ1v) is 16.3. The Morgan fingerprint density at radius 1 is 1.33 bits per heavy atom. The monoisotopic (exact) mass is 296 g/mol. The Hall–Kier alpha value is 3.01. The molecule has 0 N–H and O–H groups in total. The lowest BCUT2D eigenvalue weighted by atomic mass is 10.3. The maximum atomic E-state index is 3.09. The van der Waals surface area contributed by atoms with Crippen LogP contribution in [0.5, 0.6) is 0 Å². The molecule has 12 heavy (non-hydrogen) atoms. The van der Waals surface area contributed by atoms with Gasteiger partial charge in [-0.25, -0.2) is 0 Å². The summed E-state index contributed by atoms with van der Waals surface area (Å²) < 4.78 is 0. The fourth-order valence-electron chi connectivity index (χ4n) is 1.00. The lowest BCUT2D eigenvalue weighted by Gasteiger charge is -2.27. The van der Waals surface area contributed by atoms with Crippen molar-refractivity contribution in [3.8, 4) is 0 Å². The highest BCUT2D eigenvalue weighted by Crippen LogP contribution is 2.94. The molecule has 0 nitrogen and oxygen atoms in total. The van der Waals surface area contributed by atoms with E-state index in [-0.39, 0.29) is 6.99 Å². The molecular formula is C5H19P7. The normalized spacial score (nSPS) is 20.8. The lowest BCUT2D eigenvalue weighted by molar-refractivity contribution is 0.785. The number of hydrogen-bond donors (Lipinski definition) is 0. The molecule has 8 unspecified atom stereocenters. The molecule has 0 rings (SSSR count). The van der Waals surface area contributed by atoms with Crippen molar-refractivity contribution in [1.29, 1.82) is 0 Å². The molecule has 74 valence electrons. The quantitative estimate of drug-likeness (QED) is 0.559. The van der Waals surface area contributed by atoms with E-state index in [0.717, 1.165) is 21.6 Å². The zero-order valence-electron chi connectivity index (χ0n) is 7.62. The van der Waals surface area contributed by atoms with Crippen molar-refractivity contribution in [2.24, 2.45) is 0 Å². The number of rotatable bonds is 6. The van der Waals surface area contributed by atoms with Crippen LogP contribution in [0.2, 0.25) is 0 Å². The molecule has 0 aromatic heterocycles. The van der Waals surface area contributed by atoms with Crippen LogP contribution in [0, 0.1) is 0 Å². The van der Waals surface area contributed by atoms with E-state index in [9.17, 15) is 0 Å². The van der Waals surface area contributed by atoms with E-state index in [1.807, 2.05) is 0 Å². The van der Waals surface area contributed by atoms with E-state index < -0.39 is 0 Å². The van der Waals surface area contributed by atoms with Gasteiger partial charge in [0, 0.05) is 0 Å². The van der Waals surface area contributed by atoms with Gasteiger partial charge in [0.25, 0.3) is 0 Å². The van der Waals surface area contributed by atoms with Crippen LogP contribution in [0.1, 0.15) is 26.7 Å². The van der Waals surface area contributed by atoms with Crippen molar-refractivity contribution in [1.82, 2.24) is 0 Å². The smallest absolute Gasteiger partial charge is 0.0154 e. The molecule has 0 spiro atoms. The predicted octanol–water partition coefficient (Wildman–Crippen LogP) is 5.61. The van der Waals surface area contributed by atoms with Gasteiger partial charge >= 0.3 is 0 Å². The van der Waals surface area contributed by atoms with Crippen LogP contribution in [0.15, 0.2) is 0 Å². The summed E-state index contributed by atoms with van der Waals surface area (Å²) in [6, 6.07) is 0. The third-order valence-corrected chi connectivity index (χ3v) is 34.2. The standard InChI is InChI=1S/C5H19P7/c1-3-4-5(2)11(9-6)12(8)10-7/h5,9-10H,3-4,6-8H2,1-2H3. The average molecular weight is 296 g/mol. The van der Waals surface area contributed by atoms with Crippen LogP contribution in [0.3, 0.4) is 0 Å². The minimum atomic E-state index is 0.271. The Morgan fingerprint density at radius 2 is 1.92 bits per heavy atom. The fraction of sp³-hybridized carbons (Fsp3) is 1.00. The third-order valence-electron chi connectivity index (χ3n) is 1.62. The molecule has 0 amide bonds. The van der Waals surface area contributed by atoms with Crippen LogP contribution < -0.4 is 0 Å². The third kappa shape index (κ3) is 5.79. The van der Waals surface area contributed by atoms with Gasteiger partial charge in [-0.05, 0) is 26.4 Å². The Morgan fingerprint density at radius 3 is 2.25 bits per heavy atom. The highest BCUT2D eigenvalue weighted by molar-refractivity contribution is 8.93. The Kier molecular flexibility index (Phi) is 11.6. The summed E-state index contributed by atoms with van der Waals surface area (Å²) in [7, 11) is 11.5. The topological polar surface area (TPSA) is 0 Å². The second kappa shape index (κ2) is 9.25. The lowest BCUT2D eigenvalue weighted by Crippen LogP contribution is -1.92. The predicted molar refractivity (Wildman–Crippen MR) is 84.0 cm³/mol. The van der Waals surface area contributed by atoms with E-state index in [1.165, 1.54) is 12.8 Å². The summed E-state index contributed by atoms with van der Waals surface area (Å²) in [5, 5.41) is 0. The average Bonchev–Trinajstić information content (AvgIpc) is 2.06. The summed E-state index contributed by atoms with van der Waals surface area (Å²) in [6.45, 7) is 5.01. The summed E-state index contributed by atoms with van der Waals surface area (Å²) in [4.78, 5) is 0. The largest absolute Gasteiger partial charge is 0.110 e. The molecule has 8 atom stereocenters. The van der Waals surface area contributed by atoms with E-state index >= 15 is 0 Å². The van der Waals surface area contributed by atoms with E-state index in [2.05, 4.69) is 40.6 Å². The van der Waals surface area contributed by atoms with E-state index in [0.29, 0.717) is 7.30 Å². The minimum absolute atomic E-state index is 0.271. The number of hydrogen-bond acceptors (Lipinski definition) is 0. The zero-order valence-corrected chi connectivity index (χ0v) is 14.9.